The minimum absolute atomic E-state index is 0.282. The summed E-state index contributed by atoms with van der Waals surface area (Å²) in [5, 5.41) is 10.2. The molecule has 1 aromatic carbocycles. The third-order valence-electron chi connectivity index (χ3n) is 6.53. The van der Waals surface area contributed by atoms with Crippen LogP contribution < -0.4 is 0 Å². The molecule has 0 radical (unpaired) electrons. The van der Waals surface area contributed by atoms with E-state index >= 15 is 0 Å². The molecule has 1 N–H and O–H groups in total. The fourth-order valence-electron chi connectivity index (χ4n) is 4.76. The van der Waals surface area contributed by atoms with Gasteiger partial charge in [-0.1, -0.05) is 55.1 Å². The zero-order valence-electron chi connectivity index (χ0n) is 19.2. The summed E-state index contributed by atoms with van der Waals surface area (Å²) in [5.41, 5.74) is 3.77. The Hall–Kier alpha value is -3.18. The number of imidazole rings is 1. The molecule has 1 aliphatic heterocycles. The summed E-state index contributed by atoms with van der Waals surface area (Å²) in [5.74, 6) is 0.0642. The first-order valence-electron chi connectivity index (χ1n) is 11.9. The Morgan fingerprint density at radius 3 is 2.67 bits per heavy atom. The molecule has 5 heteroatoms. The predicted molar refractivity (Wildman–Crippen MR) is 133 cm³/mol. The van der Waals surface area contributed by atoms with E-state index < -0.39 is 5.78 Å². The fourth-order valence-corrected chi connectivity index (χ4v) is 4.76. The van der Waals surface area contributed by atoms with E-state index in [1.165, 1.54) is 30.1 Å². The number of allylic oxidation sites excluding steroid dienone is 5. The van der Waals surface area contributed by atoms with Crippen LogP contribution in [0.3, 0.4) is 0 Å². The van der Waals surface area contributed by atoms with Crippen LogP contribution in [0.25, 0.3) is 6.08 Å². The van der Waals surface area contributed by atoms with Gasteiger partial charge in [-0.25, -0.2) is 4.98 Å². The highest BCUT2D eigenvalue weighted by Gasteiger charge is 2.20. The molecule has 0 amide bonds. The molecule has 2 aliphatic rings. The van der Waals surface area contributed by atoms with Crippen LogP contribution in [0.5, 0.6) is 0 Å². The van der Waals surface area contributed by atoms with E-state index in [0.717, 1.165) is 57.2 Å². The molecule has 0 spiro atoms. The van der Waals surface area contributed by atoms with E-state index in [4.69, 9.17) is 0 Å². The molecule has 5 nitrogen and oxygen atoms in total. The van der Waals surface area contributed by atoms with Crippen LogP contribution in [-0.2, 0) is 17.9 Å². The van der Waals surface area contributed by atoms with Crippen LogP contribution >= 0.6 is 0 Å². The molecule has 2 aromatic rings. The molecule has 172 valence electrons. The number of ketones is 1. The highest BCUT2D eigenvalue weighted by Crippen LogP contribution is 2.32. The van der Waals surface area contributed by atoms with Crippen molar-refractivity contribution < 1.29 is 9.90 Å². The van der Waals surface area contributed by atoms with E-state index in [0.29, 0.717) is 5.82 Å². The van der Waals surface area contributed by atoms with Gasteiger partial charge in [0.2, 0.25) is 5.78 Å². The predicted octanol–water partition coefficient (Wildman–Crippen LogP) is 5.58. The van der Waals surface area contributed by atoms with Crippen molar-refractivity contribution in [3.63, 3.8) is 0 Å². The average Bonchev–Trinajstić information content (AvgIpc) is 3.51. The van der Waals surface area contributed by atoms with Gasteiger partial charge in [0.1, 0.15) is 5.82 Å². The van der Waals surface area contributed by atoms with Gasteiger partial charge in [-0.15, -0.1) is 0 Å². The van der Waals surface area contributed by atoms with Gasteiger partial charge >= 0.3 is 0 Å². The maximum absolute atomic E-state index is 11.9. The molecule has 0 bridgehead atoms. The molecule has 1 saturated heterocycles. The Balaban J connectivity index is 1.62. The summed E-state index contributed by atoms with van der Waals surface area (Å²) in [4.78, 5) is 18.9. The van der Waals surface area contributed by atoms with E-state index in [1.54, 1.807) is 0 Å². The number of benzene rings is 1. The summed E-state index contributed by atoms with van der Waals surface area (Å²) in [6, 6.07) is 10.6. The summed E-state index contributed by atoms with van der Waals surface area (Å²) in [6.07, 6.45) is 16.9. The monoisotopic (exact) mass is 443 g/mol. The number of rotatable bonds is 10. The molecule has 33 heavy (non-hydrogen) atoms. The Kier molecular flexibility index (Phi) is 7.74. The summed E-state index contributed by atoms with van der Waals surface area (Å²) in [7, 11) is 0. The molecule has 1 fully saturated rings. The van der Waals surface area contributed by atoms with Gasteiger partial charge in [0.25, 0.3) is 0 Å². The number of aromatic nitrogens is 2. The lowest BCUT2D eigenvalue weighted by molar-refractivity contribution is -0.113. The zero-order valence-corrected chi connectivity index (χ0v) is 19.2. The van der Waals surface area contributed by atoms with E-state index in [1.807, 2.05) is 6.20 Å². The first kappa shape index (κ1) is 23.0. The summed E-state index contributed by atoms with van der Waals surface area (Å²) in [6.45, 7) is 7.24. The second kappa shape index (κ2) is 11.1. The Morgan fingerprint density at radius 2 is 1.97 bits per heavy atom. The number of aliphatic hydroxyl groups is 1. The maximum atomic E-state index is 11.9. The lowest BCUT2D eigenvalue weighted by Crippen LogP contribution is -2.21. The van der Waals surface area contributed by atoms with Gasteiger partial charge in [0.15, 0.2) is 5.76 Å². The standard InChI is InChI=1S/C28H33N3O2/c1-2-26(32)27(33)19-28-29-20-24(21-30-16-9-10-17-30)31(28)18-15-25(22-11-5-3-6-12-22)23-13-7-4-8-14-23/h2-3,5-7,11-14,19-20,25,33H,1,4,8-10,15-18,21H2/b27-19-. The Bertz CT molecular complexity index is 1060. The normalized spacial score (nSPS) is 17.7. The second-order valence-corrected chi connectivity index (χ2v) is 8.78. The number of hydrogen-bond donors (Lipinski definition) is 1. The first-order chi connectivity index (χ1) is 16.2. The van der Waals surface area contributed by atoms with Gasteiger partial charge in [-0.05, 0) is 62.4 Å². The zero-order chi connectivity index (χ0) is 23.0. The smallest absolute Gasteiger partial charge is 0.219 e. The van der Waals surface area contributed by atoms with Crippen molar-refractivity contribution in [3.05, 3.63) is 95.8 Å². The Labute approximate surface area is 196 Å². The van der Waals surface area contributed by atoms with Crippen molar-refractivity contribution in [2.75, 3.05) is 13.1 Å². The van der Waals surface area contributed by atoms with Crippen LogP contribution in [0.4, 0.5) is 0 Å². The molecule has 1 aliphatic carbocycles. The molecule has 0 saturated carbocycles. The van der Waals surface area contributed by atoms with Crippen LogP contribution in [0.2, 0.25) is 0 Å². The summed E-state index contributed by atoms with van der Waals surface area (Å²) >= 11 is 0. The van der Waals surface area contributed by atoms with Crippen LogP contribution in [0, 0.1) is 0 Å². The summed E-state index contributed by atoms with van der Waals surface area (Å²) < 4.78 is 2.16. The van der Waals surface area contributed by atoms with E-state index in [-0.39, 0.29) is 11.7 Å². The number of aliphatic hydroxyl groups excluding tert-OH is 1. The molecule has 4 rings (SSSR count). The lowest BCUT2D eigenvalue weighted by atomic mass is 9.85. The Morgan fingerprint density at radius 1 is 1.18 bits per heavy atom. The van der Waals surface area contributed by atoms with E-state index in [2.05, 4.69) is 69.6 Å². The SMILES string of the molecule is C=CC(=O)/C(O)=C/c1ncc(CN2CCCC2)n1CCC(C1=CCCC=C1)c1ccccc1. The maximum Gasteiger partial charge on any atom is 0.219 e. The number of nitrogens with zero attached hydrogens (tertiary/aromatic N) is 3. The van der Waals surface area contributed by atoms with Crippen molar-refractivity contribution in [1.82, 2.24) is 14.5 Å². The quantitative estimate of drug-likeness (QED) is 0.384. The molecule has 2 heterocycles. The highest BCUT2D eigenvalue weighted by molar-refractivity contribution is 6.04. The van der Waals surface area contributed by atoms with Gasteiger partial charge < -0.3 is 9.67 Å². The van der Waals surface area contributed by atoms with Crippen molar-refractivity contribution >= 4 is 11.9 Å². The largest absolute Gasteiger partial charge is 0.504 e. The molecular weight excluding hydrogens is 410 g/mol. The second-order valence-electron chi connectivity index (χ2n) is 8.78. The number of carbonyl (C=O) groups excluding carboxylic acids is 1. The van der Waals surface area contributed by atoms with Gasteiger partial charge in [-0.2, -0.15) is 0 Å². The van der Waals surface area contributed by atoms with Crippen molar-refractivity contribution in [2.45, 2.75) is 51.1 Å². The molecular formula is C28H33N3O2. The molecule has 1 aromatic heterocycles. The topological polar surface area (TPSA) is 58.4 Å². The van der Waals surface area contributed by atoms with Crippen LogP contribution in [0.15, 0.2) is 78.7 Å². The minimum atomic E-state index is -0.495. The van der Waals surface area contributed by atoms with Gasteiger partial charge in [0, 0.05) is 25.1 Å². The lowest BCUT2D eigenvalue weighted by Gasteiger charge is -2.23. The van der Waals surface area contributed by atoms with Gasteiger partial charge in [-0.3, -0.25) is 9.69 Å². The van der Waals surface area contributed by atoms with Crippen molar-refractivity contribution in [3.8, 4) is 0 Å². The van der Waals surface area contributed by atoms with Gasteiger partial charge in [0.05, 0.1) is 11.9 Å². The highest BCUT2D eigenvalue weighted by atomic mass is 16.3. The third kappa shape index (κ3) is 5.79. The van der Waals surface area contributed by atoms with Crippen LogP contribution in [-0.4, -0.2) is 38.4 Å². The van der Waals surface area contributed by atoms with Crippen LogP contribution in [0.1, 0.15) is 55.1 Å². The fraction of sp³-hybridized carbons (Fsp3) is 0.357. The number of hydrogen-bond acceptors (Lipinski definition) is 4. The number of carbonyl (C=O) groups is 1. The number of likely N-dealkylation sites (tertiary alicyclic amines) is 1. The minimum Gasteiger partial charge on any atom is -0.504 e. The molecule has 1 atom stereocenters. The molecule has 1 unspecified atom stereocenters. The van der Waals surface area contributed by atoms with Crippen molar-refractivity contribution in [1.29, 1.82) is 0 Å². The first-order valence-corrected chi connectivity index (χ1v) is 11.9. The third-order valence-corrected chi connectivity index (χ3v) is 6.53. The van der Waals surface area contributed by atoms with Crippen molar-refractivity contribution in [2.24, 2.45) is 0 Å². The average molecular weight is 444 g/mol. The van der Waals surface area contributed by atoms with E-state index in [9.17, 15) is 9.90 Å².